The lowest BCUT2D eigenvalue weighted by molar-refractivity contribution is -0.132. The fourth-order valence-electron chi connectivity index (χ4n) is 3.83. The van der Waals surface area contributed by atoms with Gasteiger partial charge >= 0.3 is 5.97 Å². The van der Waals surface area contributed by atoms with Crippen molar-refractivity contribution in [3.63, 3.8) is 0 Å². The third kappa shape index (κ3) is 14.9. The zero-order chi connectivity index (χ0) is 34.3. The van der Waals surface area contributed by atoms with Gasteiger partial charge in [0, 0.05) is 44.6 Å². The summed E-state index contributed by atoms with van der Waals surface area (Å²) in [5.41, 5.74) is 0.233. The summed E-state index contributed by atoms with van der Waals surface area (Å²) in [5, 5.41) is 20.9. The van der Waals surface area contributed by atoms with Crippen LogP contribution in [0.15, 0.2) is 36.4 Å². The predicted octanol–water partition coefficient (Wildman–Crippen LogP) is 5.68. The molecule has 11 nitrogen and oxygen atoms in total. The highest BCUT2D eigenvalue weighted by atomic mass is 32.1. The van der Waals surface area contributed by atoms with E-state index in [-0.39, 0.29) is 56.4 Å². The van der Waals surface area contributed by atoms with Gasteiger partial charge in [0.05, 0.1) is 0 Å². The van der Waals surface area contributed by atoms with Crippen molar-refractivity contribution >= 4 is 43.2 Å². The summed E-state index contributed by atoms with van der Waals surface area (Å²) in [4.78, 5) is 35.8. The Balaban J connectivity index is 0.000000462. The molecule has 0 fully saturated rings. The summed E-state index contributed by atoms with van der Waals surface area (Å²) in [6.45, 7) is 11.6. The molecule has 0 aliphatic heterocycles. The van der Waals surface area contributed by atoms with Gasteiger partial charge in [0.1, 0.15) is 5.82 Å². The van der Waals surface area contributed by atoms with E-state index in [2.05, 4.69) is 47.9 Å². The van der Waals surface area contributed by atoms with Gasteiger partial charge < -0.3 is 31.1 Å². The van der Waals surface area contributed by atoms with Gasteiger partial charge in [-0.1, -0.05) is 39.3 Å². The van der Waals surface area contributed by atoms with Gasteiger partial charge in [0.25, 0.3) is 0 Å². The number of hydrogen-bond donors (Lipinski definition) is 5. The summed E-state index contributed by atoms with van der Waals surface area (Å²) >= 11 is 0. The van der Waals surface area contributed by atoms with Gasteiger partial charge in [0.2, 0.25) is 29.5 Å². The number of halogens is 3. The van der Waals surface area contributed by atoms with Crippen LogP contribution in [-0.4, -0.2) is 51.1 Å². The quantitative estimate of drug-likeness (QED) is 0.0770. The SMILES string of the molecule is CC(=O)Oc1c(F)cc(CNC(=O)C(C)(C)CCO)cc1F.CCCCNc1nc(NCc2cccc(F)c2)nc(NC(C)C)n1.S. The number of esters is 1. The zero-order valence-electron chi connectivity index (χ0n) is 27.6. The van der Waals surface area contributed by atoms with Crippen molar-refractivity contribution in [3.05, 3.63) is 65.0 Å². The van der Waals surface area contributed by atoms with E-state index >= 15 is 0 Å². The van der Waals surface area contributed by atoms with Crippen molar-refractivity contribution in [2.45, 2.75) is 79.9 Å². The lowest BCUT2D eigenvalue weighted by atomic mass is 9.88. The third-order valence-corrected chi connectivity index (χ3v) is 6.31. The van der Waals surface area contributed by atoms with Gasteiger partial charge in [-0.25, -0.2) is 13.2 Å². The lowest BCUT2D eigenvalue weighted by Crippen LogP contribution is -2.37. The monoisotopic (exact) mass is 681 g/mol. The maximum absolute atomic E-state index is 13.7. The Kier molecular flexibility index (Phi) is 17.6. The Bertz CT molecular complexity index is 1420. The molecule has 3 rings (SSSR count). The molecule has 1 heterocycles. The Hall–Kier alpha value is -4.11. The molecule has 0 aliphatic rings. The van der Waals surface area contributed by atoms with E-state index in [0.717, 1.165) is 44.0 Å². The Morgan fingerprint density at radius 1 is 0.936 bits per heavy atom. The molecule has 260 valence electrons. The molecule has 0 spiro atoms. The van der Waals surface area contributed by atoms with Crippen LogP contribution in [0.1, 0.15) is 71.9 Å². The minimum Gasteiger partial charge on any atom is -0.420 e. The van der Waals surface area contributed by atoms with Crippen LogP contribution in [0.2, 0.25) is 0 Å². The van der Waals surface area contributed by atoms with E-state index < -0.39 is 28.8 Å². The summed E-state index contributed by atoms with van der Waals surface area (Å²) in [7, 11) is 0. The minimum absolute atomic E-state index is 0. The number of carbonyl (C=O) groups is 2. The van der Waals surface area contributed by atoms with E-state index in [9.17, 15) is 22.8 Å². The number of aliphatic hydroxyl groups excluding tert-OH is 1. The molecule has 0 saturated heterocycles. The average molecular weight is 682 g/mol. The molecule has 0 saturated carbocycles. The second kappa shape index (κ2) is 20.2. The molecule has 5 N–H and O–H groups in total. The van der Waals surface area contributed by atoms with Crippen molar-refractivity contribution < 1.29 is 32.6 Å². The van der Waals surface area contributed by atoms with Crippen LogP contribution in [0, 0.1) is 22.9 Å². The summed E-state index contributed by atoms with van der Waals surface area (Å²) in [6, 6.07) is 8.64. The predicted molar refractivity (Wildman–Crippen MR) is 181 cm³/mol. The molecular formula is C32H46F3N7O4S. The van der Waals surface area contributed by atoms with Crippen molar-refractivity contribution in [3.8, 4) is 5.75 Å². The number of carbonyl (C=O) groups excluding carboxylic acids is 2. The molecule has 2 aromatic carbocycles. The highest BCUT2D eigenvalue weighted by Crippen LogP contribution is 2.24. The first kappa shape index (κ1) is 40.9. The molecule has 47 heavy (non-hydrogen) atoms. The number of rotatable bonds is 15. The number of nitrogens with zero attached hydrogens (tertiary/aromatic N) is 3. The largest absolute Gasteiger partial charge is 0.420 e. The van der Waals surface area contributed by atoms with E-state index in [1.165, 1.54) is 12.1 Å². The van der Waals surface area contributed by atoms with Crippen LogP contribution in [0.25, 0.3) is 0 Å². The van der Waals surface area contributed by atoms with Gasteiger partial charge in [-0.3, -0.25) is 9.59 Å². The molecule has 0 unspecified atom stereocenters. The van der Waals surface area contributed by atoms with E-state index in [0.29, 0.717) is 24.4 Å². The minimum atomic E-state index is -1.02. The van der Waals surface area contributed by atoms with Gasteiger partial charge in [-0.15, -0.1) is 0 Å². The van der Waals surface area contributed by atoms with Crippen LogP contribution in [0.3, 0.4) is 0 Å². The molecule has 3 aromatic rings. The highest BCUT2D eigenvalue weighted by Gasteiger charge is 2.26. The van der Waals surface area contributed by atoms with E-state index in [4.69, 9.17) is 5.11 Å². The number of aromatic nitrogens is 3. The topological polar surface area (TPSA) is 150 Å². The number of unbranched alkanes of at least 4 members (excludes halogenated alkanes) is 1. The van der Waals surface area contributed by atoms with Crippen molar-refractivity contribution in [2.24, 2.45) is 5.41 Å². The maximum Gasteiger partial charge on any atom is 0.308 e. The number of amides is 1. The number of hydrogen-bond acceptors (Lipinski definition) is 10. The van der Waals surface area contributed by atoms with Crippen LogP contribution in [0.5, 0.6) is 5.75 Å². The van der Waals surface area contributed by atoms with Gasteiger partial charge in [-0.05, 0) is 62.1 Å². The number of ether oxygens (including phenoxy) is 1. The summed E-state index contributed by atoms with van der Waals surface area (Å²) in [6.07, 6.45) is 2.41. The van der Waals surface area contributed by atoms with Crippen LogP contribution in [0.4, 0.5) is 31.0 Å². The van der Waals surface area contributed by atoms with Crippen molar-refractivity contribution in [1.82, 2.24) is 20.3 Å². The molecule has 1 amide bonds. The summed E-state index contributed by atoms with van der Waals surface area (Å²) in [5.74, 6) is -2.73. The van der Waals surface area contributed by atoms with Crippen LogP contribution in [-0.2, 0) is 22.7 Å². The Morgan fingerprint density at radius 3 is 2.11 bits per heavy atom. The smallest absolute Gasteiger partial charge is 0.308 e. The first-order valence-corrected chi connectivity index (χ1v) is 15.0. The Labute approximate surface area is 281 Å². The molecule has 0 aliphatic carbocycles. The number of nitrogens with one attached hydrogen (secondary N) is 4. The normalized spacial score (nSPS) is 10.7. The molecule has 0 atom stereocenters. The molecular weight excluding hydrogens is 635 g/mol. The number of anilines is 3. The maximum atomic E-state index is 13.7. The first-order valence-electron chi connectivity index (χ1n) is 15.0. The van der Waals surface area contributed by atoms with Gasteiger partial charge in [-0.2, -0.15) is 28.4 Å². The summed E-state index contributed by atoms with van der Waals surface area (Å²) < 4.78 is 45.1. The fourth-order valence-corrected chi connectivity index (χ4v) is 3.83. The van der Waals surface area contributed by atoms with Crippen molar-refractivity contribution in [2.75, 3.05) is 29.1 Å². The number of benzene rings is 2. The fraction of sp³-hybridized carbons (Fsp3) is 0.469. The van der Waals surface area contributed by atoms with Crippen molar-refractivity contribution in [1.29, 1.82) is 0 Å². The molecule has 1 aromatic heterocycles. The zero-order valence-corrected chi connectivity index (χ0v) is 28.6. The van der Waals surface area contributed by atoms with Gasteiger partial charge in [0.15, 0.2) is 11.6 Å². The van der Waals surface area contributed by atoms with E-state index in [1.807, 2.05) is 19.9 Å². The standard InChI is InChI=1S/C17H25FN6.C15H19F2NO4.H2S/c1-4-5-9-19-15-22-16(24-17(23-15)21-12(2)3)20-11-13-7-6-8-14(18)10-13;1-9(20)22-13-11(16)6-10(7-12(13)17)8-18-14(21)15(2,3)4-5-19;/h6-8,10,12H,4-5,9,11H2,1-3H3,(H3,19,20,21,22,23,24);6-7,19H,4-5,8H2,1-3H3,(H,18,21);1H2. The van der Waals surface area contributed by atoms with Crippen LogP contribution < -0.4 is 26.0 Å². The van der Waals surface area contributed by atoms with E-state index in [1.54, 1.807) is 19.9 Å². The second-order valence-corrected chi connectivity index (χ2v) is 11.4. The molecule has 0 bridgehead atoms. The highest BCUT2D eigenvalue weighted by molar-refractivity contribution is 7.59. The molecule has 0 radical (unpaired) electrons. The van der Waals surface area contributed by atoms with Crippen LogP contribution >= 0.6 is 13.5 Å². The number of aliphatic hydroxyl groups is 1. The molecule has 15 heteroatoms. The third-order valence-electron chi connectivity index (χ3n) is 6.31. The lowest BCUT2D eigenvalue weighted by Gasteiger charge is -2.22. The average Bonchev–Trinajstić information content (AvgIpc) is 2.97. The second-order valence-electron chi connectivity index (χ2n) is 11.4. The first-order chi connectivity index (χ1) is 21.7. The Morgan fingerprint density at radius 2 is 1.55 bits per heavy atom.